The van der Waals surface area contributed by atoms with E-state index in [9.17, 15) is 0 Å². The Morgan fingerprint density at radius 3 is 0.801 bits per heavy atom. The molecule has 0 spiro atoms. The molecule has 0 aliphatic carbocycles. The van der Waals surface area contributed by atoms with Gasteiger partial charge in [0.1, 0.15) is 0 Å². The van der Waals surface area contributed by atoms with E-state index in [4.69, 9.17) is 0 Å². The monoisotopic (exact) mass is 1890 g/mol. The highest BCUT2D eigenvalue weighted by molar-refractivity contribution is 7.20. The molecule has 0 aliphatic heterocycles. The zero-order valence-electron chi connectivity index (χ0n) is 80.5. The summed E-state index contributed by atoms with van der Waals surface area (Å²) in [7, 11) is -5.50. The maximum Gasteiger partial charge on any atom is 0.179 e. The van der Waals surface area contributed by atoms with E-state index in [1.54, 1.807) is 0 Å². The lowest BCUT2D eigenvalue weighted by Crippen LogP contribution is -2.74. The van der Waals surface area contributed by atoms with Gasteiger partial charge in [0.25, 0.3) is 0 Å². The normalized spacial score (nSPS) is 11.6. The lowest BCUT2D eigenvalue weighted by molar-refractivity contribution is 1.18. The van der Waals surface area contributed by atoms with E-state index in [2.05, 4.69) is 626 Å². The second-order valence-electron chi connectivity index (χ2n) is 37.6. The maximum atomic E-state index is 2.45. The van der Waals surface area contributed by atoms with Gasteiger partial charge in [0.2, 0.25) is 0 Å². The van der Waals surface area contributed by atoms with E-state index in [1.165, 1.54) is 162 Å². The van der Waals surface area contributed by atoms with Gasteiger partial charge in [-0.25, -0.2) is 0 Å². The quantitative estimate of drug-likeness (QED) is 0.0497. The Morgan fingerprint density at radius 1 is 0.144 bits per heavy atom. The predicted molar refractivity (Wildman–Crippen MR) is 626 cm³/mol. The fraction of sp³-hybridized carbons (Fsp3) is 0. The number of hydrogen-bond donors (Lipinski definition) is 0. The number of aromatic nitrogens is 2. The number of benzene rings is 24. The Hall–Kier alpha value is -18.6. The summed E-state index contributed by atoms with van der Waals surface area (Å²) >= 11 is 0. The summed E-state index contributed by atoms with van der Waals surface area (Å²) in [4.78, 5) is 4.85. The van der Waals surface area contributed by atoms with Crippen LogP contribution < -0.4 is 51.3 Å². The van der Waals surface area contributed by atoms with Crippen molar-refractivity contribution in [3.8, 4) is 78.1 Å². The molecule has 0 unspecified atom stereocenters. The van der Waals surface area contributed by atoms with Gasteiger partial charge >= 0.3 is 0 Å². The van der Waals surface area contributed by atoms with Crippen LogP contribution in [0.1, 0.15) is 0 Å². The molecule has 26 rings (SSSR count). The molecular formula is C140H100N4Si2. The van der Waals surface area contributed by atoms with Crippen LogP contribution >= 0.6 is 0 Å². The van der Waals surface area contributed by atoms with E-state index in [-0.39, 0.29) is 0 Å². The van der Waals surface area contributed by atoms with Crippen molar-refractivity contribution in [1.82, 2.24) is 9.13 Å². The van der Waals surface area contributed by atoms with E-state index in [0.717, 1.165) is 56.6 Å². The summed E-state index contributed by atoms with van der Waals surface area (Å²) in [6, 6.07) is 223. The first-order valence-corrected chi connectivity index (χ1v) is 54.3. The van der Waals surface area contributed by atoms with Crippen LogP contribution in [-0.4, -0.2) is 25.3 Å². The fourth-order valence-electron chi connectivity index (χ4n) is 22.9. The highest BCUT2D eigenvalue weighted by Gasteiger charge is 2.43. The van der Waals surface area contributed by atoms with Crippen molar-refractivity contribution in [3.63, 3.8) is 0 Å². The molecule has 146 heavy (non-hydrogen) atoms. The highest BCUT2D eigenvalue weighted by Crippen LogP contribution is 2.47. The van der Waals surface area contributed by atoms with Crippen molar-refractivity contribution in [1.29, 1.82) is 0 Å². The van der Waals surface area contributed by atoms with Crippen LogP contribution in [0.4, 0.5) is 34.1 Å². The van der Waals surface area contributed by atoms with Crippen LogP contribution in [0, 0.1) is 0 Å². The first-order chi connectivity index (χ1) is 72.5. The molecule has 6 heteroatoms. The van der Waals surface area contributed by atoms with Gasteiger partial charge in [-0.3, -0.25) is 0 Å². The average Bonchev–Trinajstić information content (AvgIpc) is 1.51. The highest BCUT2D eigenvalue weighted by atomic mass is 28.3. The zero-order valence-corrected chi connectivity index (χ0v) is 82.5. The lowest BCUT2D eigenvalue weighted by atomic mass is 9.97. The molecule has 24 aromatic carbocycles. The van der Waals surface area contributed by atoms with Crippen LogP contribution in [0.15, 0.2) is 607 Å². The molecule has 0 amide bonds. The van der Waals surface area contributed by atoms with Gasteiger partial charge < -0.3 is 18.9 Å². The first kappa shape index (κ1) is 88.8. The third kappa shape index (κ3) is 16.2. The molecule has 0 atom stereocenters. The molecule has 0 fully saturated rings. The van der Waals surface area contributed by atoms with Crippen molar-refractivity contribution in [3.05, 3.63) is 607 Å². The Kier molecular flexibility index (Phi) is 23.8. The smallest absolute Gasteiger partial charge is 0.179 e. The second kappa shape index (κ2) is 39.1. The van der Waals surface area contributed by atoms with E-state index in [0.29, 0.717) is 0 Å². The van der Waals surface area contributed by atoms with Gasteiger partial charge in [0, 0.05) is 66.9 Å². The molecule has 0 bridgehead atoms. The van der Waals surface area contributed by atoms with Gasteiger partial charge in [-0.15, -0.1) is 0 Å². The standard InChI is InChI=1S/2C70H50N2Si/c1-5-22-52(23-6-1)64-35-15-17-39-67(64)72-68-40-18-16-36-66(68)70-65(38-21-41-69(70)72)54-26-19-27-57(50-54)71(55-44-42-53(43-45-55)63-37-20-25-51-24-13-14-34-62(51)63)56-46-48-61(49-47-56)73(58-28-7-2-8-29-58,59-30-9-3-10-31-59)60-32-11-4-12-33-60;1-5-20-51(21-6-1)52-38-42-58(43-39-52)72-68-36-16-15-33-67(68)70-66(35-19-37-69(70)72)55-24-17-25-59(50-55)71(56-44-40-54(41-45-56)65-34-18-23-53-22-13-14-32-64(53)65)57-46-48-63(49-47-57)73(60-26-7-2-8-27-60,61-28-9-3-10-29-61)62-30-11-4-12-31-62/h2*1-50H. The molecule has 688 valence electrons. The molecule has 26 aromatic rings. The Balaban J connectivity index is 0.000000152. The average molecular weight is 1890 g/mol. The molecular weight excluding hydrogens is 1790 g/mol. The van der Waals surface area contributed by atoms with E-state index < -0.39 is 16.1 Å². The first-order valence-electron chi connectivity index (χ1n) is 50.3. The number of hydrogen-bond acceptors (Lipinski definition) is 2. The van der Waals surface area contributed by atoms with E-state index >= 15 is 0 Å². The minimum Gasteiger partial charge on any atom is -0.310 e. The number of nitrogens with zero attached hydrogens (tertiary/aromatic N) is 4. The maximum absolute atomic E-state index is 2.75. The minimum absolute atomic E-state index is 1.08. The molecule has 0 N–H and O–H groups in total. The molecule has 2 heterocycles. The number of para-hydroxylation sites is 3. The summed E-state index contributed by atoms with van der Waals surface area (Å²) < 4.78 is 4.87. The van der Waals surface area contributed by atoms with Crippen molar-refractivity contribution < 1.29 is 0 Å². The third-order valence-corrected chi connectivity index (χ3v) is 39.1. The number of rotatable bonds is 22. The van der Waals surface area contributed by atoms with Crippen LogP contribution in [-0.2, 0) is 0 Å². The second-order valence-corrected chi connectivity index (χ2v) is 45.2. The predicted octanol–water partition coefficient (Wildman–Crippen LogP) is 31.6. The number of anilines is 6. The van der Waals surface area contributed by atoms with Crippen molar-refractivity contribution in [2.75, 3.05) is 9.80 Å². The van der Waals surface area contributed by atoms with Crippen LogP contribution in [0.5, 0.6) is 0 Å². The van der Waals surface area contributed by atoms with Crippen molar-refractivity contribution >= 4 is 157 Å². The van der Waals surface area contributed by atoms with Crippen LogP contribution in [0.3, 0.4) is 0 Å². The molecule has 4 nitrogen and oxygen atoms in total. The number of fused-ring (bicyclic) bond motifs is 8. The molecule has 0 radical (unpaired) electrons. The topological polar surface area (TPSA) is 16.3 Å². The molecule has 0 saturated carbocycles. The fourth-order valence-corrected chi connectivity index (χ4v) is 32.4. The summed E-state index contributed by atoms with van der Waals surface area (Å²) in [6.45, 7) is 0. The Morgan fingerprint density at radius 2 is 0.397 bits per heavy atom. The molecule has 2 aromatic heterocycles. The summed E-state index contributed by atoms with van der Waals surface area (Å²) in [5.41, 5.74) is 27.8. The van der Waals surface area contributed by atoms with Gasteiger partial charge in [0.15, 0.2) is 16.1 Å². The summed E-state index contributed by atoms with van der Waals surface area (Å²) in [5.74, 6) is 0. The minimum atomic E-state index is -2.75. The molecule has 0 aliphatic rings. The van der Waals surface area contributed by atoms with Crippen molar-refractivity contribution in [2.24, 2.45) is 0 Å². The molecule has 0 saturated heterocycles. The zero-order chi connectivity index (χ0) is 97.1. The summed E-state index contributed by atoms with van der Waals surface area (Å²) in [6.07, 6.45) is 0. The Bertz CT molecular complexity index is 8960. The van der Waals surface area contributed by atoms with E-state index in [1.807, 2.05) is 0 Å². The van der Waals surface area contributed by atoms with Crippen LogP contribution in [0.25, 0.3) is 143 Å². The van der Waals surface area contributed by atoms with Gasteiger partial charge in [-0.2, -0.15) is 0 Å². The van der Waals surface area contributed by atoms with Gasteiger partial charge in [0.05, 0.1) is 27.8 Å². The largest absolute Gasteiger partial charge is 0.310 e. The lowest BCUT2D eigenvalue weighted by Gasteiger charge is -2.35. The Labute approximate surface area is 854 Å². The SMILES string of the molecule is c1ccc(-c2ccc(-n3c4ccccc4c4c(-c5cccc(N(c6ccc(-c7cccc8ccccc78)cc6)c6ccc([Si](c7ccccc7)(c7ccccc7)c7ccccc7)cc6)c5)cccc43)cc2)cc1.c1ccc(-c2ccccc2-n2c3ccccc3c3c(-c4cccc(N(c5ccc(-c6cccc7ccccc67)cc5)c5ccc([Si](c6ccccc6)(c6ccccc6)c6ccccc6)cc5)c4)cccc32)cc1. The third-order valence-electron chi connectivity index (χ3n) is 29.5. The van der Waals surface area contributed by atoms with Crippen LogP contribution in [0.2, 0.25) is 0 Å². The van der Waals surface area contributed by atoms with Gasteiger partial charge in [-0.05, 0) is 239 Å². The van der Waals surface area contributed by atoms with Gasteiger partial charge in [-0.1, -0.05) is 491 Å². The summed E-state index contributed by atoms with van der Waals surface area (Å²) in [5, 5.41) is 20.7. The van der Waals surface area contributed by atoms with Crippen molar-refractivity contribution in [2.45, 2.75) is 0 Å².